The van der Waals surface area contributed by atoms with Crippen LogP contribution in [0.25, 0.3) is 0 Å². The van der Waals surface area contributed by atoms with Gasteiger partial charge < -0.3 is 24.4 Å². The summed E-state index contributed by atoms with van der Waals surface area (Å²) >= 11 is 0. The number of ether oxygens (including phenoxy) is 3. The van der Waals surface area contributed by atoms with Crippen molar-refractivity contribution in [3.63, 3.8) is 0 Å². The summed E-state index contributed by atoms with van der Waals surface area (Å²) in [5, 5.41) is 2.67. The van der Waals surface area contributed by atoms with Crippen LogP contribution in [-0.4, -0.2) is 51.1 Å². The average molecular weight is 429 g/mol. The summed E-state index contributed by atoms with van der Waals surface area (Å²) in [4.78, 5) is 27.4. The molecule has 0 aliphatic rings. The molecule has 0 aliphatic heterocycles. The minimum absolute atomic E-state index is 0.0898. The smallest absolute Gasteiger partial charge is 0.242 e. The van der Waals surface area contributed by atoms with Gasteiger partial charge in [-0.1, -0.05) is 25.1 Å². The number of amides is 2. The molecule has 2 aromatic rings. The third-order valence-corrected chi connectivity index (χ3v) is 5.19. The van der Waals surface area contributed by atoms with Crippen molar-refractivity contribution in [3.8, 4) is 17.2 Å². The second kappa shape index (κ2) is 11.8. The Morgan fingerprint density at radius 3 is 2.32 bits per heavy atom. The maximum Gasteiger partial charge on any atom is 0.242 e. The van der Waals surface area contributed by atoms with Gasteiger partial charge in [-0.25, -0.2) is 0 Å². The highest BCUT2D eigenvalue weighted by atomic mass is 16.5. The van der Waals surface area contributed by atoms with Crippen molar-refractivity contribution in [2.24, 2.45) is 0 Å². The lowest BCUT2D eigenvalue weighted by Gasteiger charge is -2.30. The first kappa shape index (κ1) is 24.1. The SMILES string of the molecule is CC[C@@H](C(=O)NC)N(Cc1cccc(OC)c1)C(=O)CCc1ccc(OC)c(OC)c1. The molecule has 0 heterocycles. The summed E-state index contributed by atoms with van der Waals surface area (Å²) in [6, 6.07) is 12.6. The molecule has 31 heavy (non-hydrogen) atoms. The fraction of sp³-hybridized carbons (Fsp3) is 0.417. The molecule has 0 aliphatic carbocycles. The largest absolute Gasteiger partial charge is 0.497 e. The number of rotatable bonds is 11. The summed E-state index contributed by atoms with van der Waals surface area (Å²) in [5.74, 6) is 1.71. The van der Waals surface area contributed by atoms with Gasteiger partial charge in [-0.2, -0.15) is 0 Å². The van der Waals surface area contributed by atoms with Gasteiger partial charge >= 0.3 is 0 Å². The number of hydrogen-bond acceptors (Lipinski definition) is 5. The standard InChI is InChI=1S/C24H32N2O5/c1-6-20(24(28)25-2)26(16-18-8-7-9-19(14-18)29-3)23(27)13-11-17-10-12-21(30-4)22(15-17)31-5/h7-10,12,14-15,20H,6,11,13,16H2,1-5H3,(H,25,28)/t20-/m0/s1. The van der Waals surface area contributed by atoms with Gasteiger partial charge in [-0.15, -0.1) is 0 Å². The lowest BCUT2D eigenvalue weighted by atomic mass is 10.1. The molecule has 0 aromatic heterocycles. The third-order valence-electron chi connectivity index (χ3n) is 5.19. The molecule has 7 heteroatoms. The second-order valence-corrected chi connectivity index (χ2v) is 7.10. The van der Waals surface area contributed by atoms with Gasteiger partial charge in [0, 0.05) is 20.0 Å². The molecule has 0 radical (unpaired) electrons. The molecule has 1 atom stereocenters. The number of nitrogens with one attached hydrogen (secondary N) is 1. The van der Waals surface area contributed by atoms with Gasteiger partial charge in [-0.05, 0) is 48.2 Å². The lowest BCUT2D eigenvalue weighted by molar-refractivity contribution is -0.141. The van der Waals surface area contributed by atoms with Crippen molar-refractivity contribution >= 4 is 11.8 Å². The number of carbonyl (C=O) groups is 2. The van der Waals surface area contributed by atoms with E-state index in [0.717, 1.165) is 11.1 Å². The van der Waals surface area contributed by atoms with Crippen LogP contribution in [0.5, 0.6) is 17.2 Å². The molecule has 2 aromatic carbocycles. The van der Waals surface area contributed by atoms with E-state index in [1.807, 2.05) is 49.4 Å². The van der Waals surface area contributed by atoms with E-state index in [1.165, 1.54) is 0 Å². The van der Waals surface area contributed by atoms with E-state index in [2.05, 4.69) is 5.32 Å². The molecule has 0 saturated heterocycles. The summed E-state index contributed by atoms with van der Waals surface area (Å²) in [5.41, 5.74) is 1.86. The van der Waals surface area contributed by atoms with Crippen LogP contribution in [0.3, 0.4) is 0 Å². The van der Waals surface area contributed by atoms with E-state index >= 15 is 0 Å². The topological polar surface area (TPSA) is 77.1 Å². The van der Waals surface area contributed by atoms with Gasteiger partial charge in [0.05, 0.1) is 21.3 Å². The van der Waals surface area contributed by atoms with Crippen molar-refractivity contribution in [1.82, 2.24) is 10.2 Å². The van der Waals surface area contributed by atoms with E-state index < -0.39 is 6.04 Å². The third kappa shape index (κ3) is 6.38. The fourth-order valence-corrected chi connectivity index (χ4v) is 3.48. The average Bonchev–Trinajstić information content (AvgIpc) is 2.81. The zero-order valence-electron chi connectivity index (χ0n) is 18.9. The maximum absolute atomic E-state index is 13.2. The molecule has 0 spiro atoms. The number of nitrogens with zero attached hydrogens (tertiary/aromatic N) is 1. The van der Waals surface area contributed by atoms with Crippen LogP contribution in [-0.2, 0) is 22.6 Å². The first-order valence-electron chi connectivity index (χ1n) is 10.3. The molecule has 1 N–H and O–H groups in total. The summed E-state index contributed by atoms with van der Waals surface area (Å²) in [6.07, 6.45) is 1.32. The van der Waals surface area contributed by atoms with Crippen molar-refractivity contribution < 1.29 is 23.8 Å². The van der Waals surface area contributed by atoms with Gasteiger partial charge in [0.25, 0.3) is 0 Å². The van der Waals surface area contributed by atoms with Gasteiger partial charge in [0.15, 0.2) is 11.5 Å². The molecule has 168 valence electrons. The second-order valence-electron chi connectivity index (χ2n) is 7.10. The molecule has 0 bridgehead atoms. The molecule has 7 nitrogen and oxygen atoms in total. The Hall–Kier alpha value is -3.22. The predicted octanol–water partition coefficient (Wildman–Crippen LogP) is 3.20. The van der Waals surface area contributed by atoms with Crippen LogP contribution in [0.1, 0.15) is 30.9 Å². The molecule has 0 saturated carbocycles. The predicted molar refractivity (Wildman–Crippen MR) is 120 cm³/mol. The molecule has 2 amide bonds. The number of carbonyl (C=O) groups excluding carboxylic acids is 2. The van der Waals surface area contributed by atoms with E-state index in [9.17, 15) is 9.59 Å². The Labute approximate surface area is 184 Å². The normalized spacial score (nSPS) is 11.4. The van der Waals surface area contributed by atoms with Crippen LogP contribution in [0.4, 0.5) is 0 Å². The maximum atomic E-state index is 13.2. The molecular formula is C24H32N2O5. The summed E-state index contributed by atoms with van der Waals surface area (Å²) in [7, 11) is 6.35. The van der Waals surface area contributed by atoms with Gasteiger partial charge in [-0.3, -0.25) is 9.59 Å². The Balaban J connectivity index is 2.21. The Kier molecular flexibility index (Phi) is 9.18. The highest BCUT2D eigenvalue weighted by Gasteiger charge is 2.27. The lowest BCUT2D eigenvalue weighted by Crippen LogP contribution is -2.48. The van der Waals surface area contributed by atoms with E-state index in [4.69, 9.17) is 14.2 Å². The Bertz CT molecular complexity index is 884. The molecule has 0 unspecified atom stereocenters. The van der Waals surface area contributed by atoms with E-state index in [1.54, 1.807) is 33.3 Å². The van der Waals surface area contributed by atoms with Crippen molar-refractivity contribution in [2.45, 2.75) is 38.8 Å². The molecule has 2 rings (SSSR count). The highest BCUT2D eigenvalue weighted by Crippen LogP contribution is 2.28. The van der Waals surface area contributed by atoms with E-state index in [0.29, 0.717) is 36.6 Å². The van der Waals surface area contributed by atoms with Crippen molar-refractivity contribution in [1.29, 1.82) is 0 Å². The summed E-state index contributed by atoms with van der Waals surface area (Å²) in [6.45, 7) is 2.23. The highest BCUT2D eigenvalue weighted by molar-refractivity contribution is 5.87. The summed E-state index contributed by atoms with van der Waals surface area (Å²) < 4.78 is 15.9. The quantitative estimate of drug-likeness (QED) is 0.595. The van der Waals surface area contributed by atoms with Crippen LogP contribution in [0.2, 0.25) is 0 Å². The first-order valence-corrected chi connectivity index (χ1v) is 10.3. The minimum Gasteiger partial charge on any atom is -0.497 e. The Morgan fingerprint density at radius 2 is 1.71 bits per heavy atom. The molecular weight excluding hydrogens is 396 g/mol. The first-order chi connectivity index (χ1) is 15.0. The zero-order chi connectivity index (χ0) is 22.8. The van der Waals surface area contributed by atoms with Gasteiger partial charge in [0.1, 0.15) is 11.8 Å². The number of likely N-dealkylation sites (N-methyl/N-ethyl adjacent to an activating group) is 1. The van der Waals surface area contributed by atoms with E-state index in [-0.39, 0.29) is 18.2 Å². The van der Waals surface area contributed by atoms with Crippen LogP contribution in [0.15, 0.2) is 42.5 Å². The fourth-order valence-electron chi connectivity index (χ4n) is 3.48. The Morgan fingerprint density at radius 1 is 0.968 bits per heavy atom. The van der Waals surface area contributed by atoms with Gasteiger partial charge in [0.2, 0.25) is 11.8 Å². The van der Waals surface area contributed by atoms with Crippen LogP contribution < -0.4 is 19.5 Å². The number of methoxy groups -OCH3 is 3. The minimum atomic E-state index is -0.547. The molecule has 0 fully saturated rings. The number of aryl methyl sites for hydroxylation is 1. The van der Waals surface area contributed by atoms with Crippen LogP contribution >= 0.6 is 0 Å². The monoisotopic (exact) mass is 428 g/mol. The van der Waals surface area contributed by atoms with Crippen molar-refractivity contribution in [2.75, 3.05) is 28.4 Å². The van der Waals surface area contributed by atoms with Crippen molar-refractivity contribution in [3.05, 3.63) is 53.6 Å². The zero-order valence-corrected chi connectivity index (χ0v) is 18.9. The number of hydrogen-bond donors (Lipinski definition) is 1. The van der Waals surface area contributed by atoms with Crippen LogP contribution in [0, 0.1) is 0 Å². The number of benzene rings is 2.